The van der Waals surface area contributed by atoms with Gasteiger partial charge in [-0.05, 0) is 106 Å². The Morgan fingerprint density at radius 1 is 1.03 bits per heavy atom. The average molecular weight is 540 g/mol. The highest BCUT2D eigenvalue weighted by atomic mass is 31.2. The molecule has 2 heterocycles. The number of fused-ring (bicyclic) bond motifs is 3. The zero-order valence-corrected chi connectivity index (χ0v) is 23.0. The SMILES string of the molecule is Cc1ccc2c(c1)nc(N)c1ncc(CCc3ccc(OCCCCCC(C)(F)P(=O)(O)O)cc3C)cc12. The summed E-state index contributed by atoms with van der Waals surface area (Å²) in [5, 5.41) is -0.406. The van der Waals surface area contributed by atoms with E-state index in [1.807, 2.05) is 31.3 Å². The fourth-order valence-electron chi connectivity index (χ4n) is 4.58. The van der Waals surface area contributed by atoms with E-state index in [-0.39, 0.29) is 6.42 Å². The second kappa shape index (κ2) is 11.4. The molecule has 202 valence electrons. The first-order valence-corrected chi connectivity index (χ1v) is 14.5. The van der Waals surface area contributed by atoms with Gasteiger partial charge in [-0.15, -0.1) is 0 Å². The number of benzene rings is 2. The summed E-state index contributed by atoms with van der Waals surface area (Å²) in [7, 11) is -4.74. The number of ether oxygens (including phenoxy) is 1. The third-order valence-corrected chi connectivity index (χ3v) is 8.46. The molecule has 0 saturated carbocycles. The lowest BCUT2D eigenvalue weighted by molar-refractivity contribution is 0.202. The van der Waals surface area contributed by atoms with Gasteiger partial charge in [0.25, 0.3) is 0 Å². The van der Waals surface area contributed by atoms with Crippen LogP contribution in [0.1, 0.15) is 54.9 Å². The highest BCUT2D eigenvalue weighted by Gasteiger charge is 2.42. The van der Waals surface area contributed by atoms with Gasteiger partial charge in [-0.1, -0.05) is 18.2 Å². The minimum atomic E-state index is -4.74. The van der Waals surface area contributed by atoms with Crippen molar-refractivity contribution in [3.05, 3.63) is 70.9 Å². The van der Waals surface area contributed by atoms with Gasteiger partial charge in [-0.3, -0.25) is 9.55 Å². The maximum atomic E-state index is 14.0. The van der Waals surface area contributed by atoms with E-state index >= 15 is 0 Å². The van der Waals surface area contributed by atoms with Gasteiger partial charge in [-0.25, -0.2) is 9.37 Å². The lowest BCUT2D eigenvalue weighted by atomic mass is 9.99. The summed E-state index contributed by atoms with van der Waals surface area (Å²) in [6, 6.07) is 14.4. The maximum absolute atomic E-state index is 14.0. The number of alkyl halides is 1. The molecule has 1 unspecified atom stereocenters. The average Bonchev–Trinajstić information content (AvgIpc) is 2.84. The van der Waals surface area contributed by atoms with Gasteiger partial charge in [0.05, 0.1) is 12.1 Å². The Morgan fingerprint density at radius 3 is 2.55 bits per heavy atom. The van der Waals surface area contributed by atoms with Crippen molar-refractivity contribution in [2.75, 3.05) is 12.3 Å². The van der Waals surface area contributed by atoms with E-state index in [0.29, 0.717) is 31.7 Å². The van der Waals surface area contributed by atoms with E-state index in [0.717, 1.165) is 64.0 Å². The zero-order valence-electron chi connectivity index (χ0n) is 22.1. The molecule has 4 rings (SSSR count). The molecule has 2 aromatic carbocycles. The number of halogens is 1. The van der Waals surface area contributed by atoms with Gasteiger partial charge < -0.3 is 20.3 Å². The smallest absolute Gasteiger partial charge is 0.362 e. The highest BCUT2D eigenvalue weighted by Crippen LogP contribution is 2.53. The van der Waals surface area contributed by atoms with Crippen molar-refractivity contribution in [1.82, 2.24) is 9.97 Å². The summed E-state index contributed by atoms with van der Waals surface area (Å²) in [6.45, 7) is 5.52. The van der Waals surface area contributed by atoms with Gasteiger partial charge in [-0.2, -0.15) is 0 Å². The number of pyridine rings is 2. The standard InChI is InChI=1S/C29H35FN3O4P/c1-19-7-12-24-25-17-21(18-32-27(25)28(31)33-26(24)15-19)8-9-22-10-11-23(16-20(22)2)37-14-6-4-5-13-29(3,30)38(34,35)36/h7,10-12,15-18H,4-6,8-9,13-14H2,1-3H3,(H2,31,33)(H2,34,35,36). The van der Waals surface area contributed by atoms with Crippen LogP contribution in [-0.2, 0) is 17.4 Å². The van der Waals surface area contributed by atoms with Crippen molar-refractivity contribution in [2.45, 2.75) is 64.7 Å². The predicted octanol–water partition coefficient (Wildman–Crippen LogP) is 6.57. The molecule has 0 amide bonds. The van der Waals surface area contributed by atoms with Gasteiger partial charge in [0.2, 0.25) is 5.41 Å². The molecule has 0 aliphatic rings. The fourth-order valence-corrected chi connectivity index (χ4v) is 5.03. The molecular weight excluding hydrogens is 504 g/mol. The lowest BCUT2D eigenvalue weighted by Gasteiger charge is -2.21. The minimum absolute atomic E-state index is 0.169. The first-order chi connectivity index (χ1) is 17.9. The Labute approximate surface area is 222 Å². The number of rotatable bonds is 11. The van der Waals surface area contributed by atoms with Gasteiger partial charge in [0, 0.05) is 17.0 Å². The molecule has 7 nitrogen and oxygen atoms in total. The summed E-state index contributed by atoms with van der Waals surface area (Å²) in [5.74, 6) is 1.21. The van der Waals surface area contributed by atoms with Crippen LogP contribution in [0.15, 0.2) is 48.7 Å². The summed E-state index contributed by atoms with van der Waals surface area (Å²) in [5.41, 5.74) is 12.4. The summed E-state index contributed by atoms with van der Waals surface area (Å²) in [4.78, 5) is 27.2. The maximum Gasteiger partial charge on any atom is 0.362 e. The Balaban J connectivity index is 1.32. The monoisotopic (exact) mass is 539 g/mol. The molecule has 0 spiro atoms. The second-order valence-corrected chi connectivity index (χ2v) is 12.2. The number of aromatic nitrogens is 2. The third-order valence-electron chi connectivity index (χ3n) is 7.02. The van der Waals surface area contributed by atoms with Gasteiger partial charge >= 0.3 is 7.60 Å². The third kappa shape index (κ3) is 6.49. The number of nitrogen functional groups attached to an aromatic ring is 1. The number of aryl methyl sites for hydroxylation is 4. The van der Waals surface area contributed by atoms with Crippen LogP contribution in [0.4, 0.5) is 10.2 Å². The number of hydrogen-bond donors (Lipinski definition) is 3. The molecule has 1 atom stereocenters. The predicted molar refractivity (Wildman–Crippen MR) is 150 cm³/mol. The van der Waals surface area contributed by atoms with Crippen LogP contribution in [0.5, 0.6) is 5.75 Å². The van der Waals surface area contributed by atoms with Crippen LogP contribution >= 0.6 is 7.60 Å². The molecule has 0 fully saturated rings. The van der Waals surface area contributed by atoms with Crippen molar-refractivity contribution in [1.29, 1.82) is 0 Å². The van der Waals surface area contributed by atoms with Crippen LogP contribution < -0.4 is 10.5 Å². The topological polar surface area (TPSA) is 119 Å². The van der Waals surface area contributed by atoms with E-state index < -0.39 is 13.0 Å². The van der Waals surface area contributed by atoms with E-state index in [9.17, 15) is 8.96 Å². The Morgan fingerprint density at radius 2 is 1.82 bits per heavy atom. The number of unbranched alkanes of at least 4 members (excludes halogenated alkanes) is 2. The lowest BCUT2D eigenvalue weighted by Crippen LogP contribution is -2.17. The highest BCUT2D eigenvalue weighted by molar-refractivity contribution is 7.53. The number of hydrogen-bond acceptors (Lipinski definition) is 5. The molecule has 2 aromatic heterocycles. The number of nitrogens with zero attached hydrogens (tertiary/aromatic N) is 2. The fraction of sp³-hybridized carbons (Fsp3) is 0.379. The normalized spacial score (nSPS) is 13.6. The zero-order chi connectivity index (χ0) is 27.5. The molecule has 4 N–H and O–H groups in total. The van der Waals surface area contributed by atoms with Crippen LogP contribution in [0, 0.1) is 13.8 Å². The molecule has 0 saturated heterocycles. The summed E-state index contributed by atoms with van der Waals surface area (Å²) in [6.07, 6.45) is 5.10. The minimum Gasteiger partial charge on any atom is -0.494 e. The Bertz CT molecular complexity index is 1500. The summed E-state index contributed by atoms with van der Waals surface area (Å²) < 4.78 is 31.0. The quantitative estimate of drug-likeness (QED) is 0.112. The van der Waals surface area contributed by atoms with Crippen LogP contribution in [0.3, 0.4) is 0 Å². The molecule has 38 heavy (non-hydrogen) atoms. The van der Waals surface area contributed by atoms with E-state index in [1.54, 1.807) is 0 Å². The summed E-state index contributed by atoms with van der Waals surface area (Å²) >= 11 is 0. The van der Waals surface area contributed by atoms with Crippen molar-refractivity contribution < 1.29 is 23.5 Å². The number of anilines is 1. The van der Waals surface area contributed by atoms with E-state index in [4.69, 9.17) is 20.3 Å². The molecule has 0 aliphatic carbocycles. The molecule has 0 radical (unpaired) electrons. The van der Waals surface area contributed by atoms with Gasteiger partial charge in [0.1, 0.15) is 11.3 Å². The van der Waals surface area contributed by atoms with Crippen molar-refractivity contribution in [3.8, 4) is 5.75 Å². The first-order valence-electron chi connectivity index (χ1n) is 12.9. The molecular formula is C29H35FN3O4P. The Kier molecular flexibility index (Phi) is 8.36. The van der Waals surface area contributed by atoms with Crippen LogP contribution in [-0.4, -0.2) is 31.8 Å². The molecule has 4 aromatic rings. The molecule has 0 aliphatic heterocycles. The second-order valence-electron chi connectivity index (χ2n) is 10.2. The van der Waals surface area contributed by atoms with Crippen molar-refractivity contribution in [3.63, 3.8) is 0 Å². The molecule has 0 bridgehead atoms. The van der Waals surface area contributed by atoms with Crippen molar-refractivity contribution >= 4 is 35.2 Å². The number of nitrogens with two attached hydrogens (primary N) is 1. The Hall–Kier alpha value is -3.06. The van der Waals surface area contributed by atoms with Crippen LogP contribution in [0.2, 0.25) is 0 Å². The van der Waals surface area contributed by atoms with Crippen LogP contribution in [0.25, 0.3) is 21.8 Å². The van der Waals surface area contributed by atoms with E-state index in [2.05, 4.69) is 41.2 Å². The first kappa shape index (κ1) is 28.0. The largest absolute Gasteiger partial charge is 0.494 e. The van der Waals surface area contributed by atoms with Crippen molar-refractivity contribution in [2.24, 2.45) is 0 Å². The van der Waals surface area contributed by atoms with Gasteiger partial charge in [0.15, 0.2) is 5.82 Å². The van der Waals surface area contributed by atoms with E-state index in [1.165, 1.54) is 5.56 Å². The molecule has 9 heteroatoms.